The molecule has 0 aliphatic heterocycles. The van der Waals surface area contributed by atoms with Crippen LogP contribution in [-0.2, 0) is 9.47 Å². The van der Waals surface area contributed by atoms with E-state index in [1.807, 2.05) is 0 Å². The molecule has 2 nitrogen and oxygen atoms in total. The molecule has 4 heteroatoms. The predicted octanol–water partition coefficient (Wildman–Crippen LogP) is 3.75. The molecule has 17 heavy (non-hydrogen) atoms. The van der Waals surface area contributed by atoms with Gasteiger partial charge in [0, 0.05) is 14.2 Å². The fourth-order valence-corrected chi connectivity index (χ4v) is 2.20. The predicted molar refractivity (Wildman–Crippen MR) is 65.5 cm³/mol. The molecule has 0 amide bonds. The third kappa shape index (κ3) is 2.97. The number of hydrogen-bond donors (Lipinski definition) is 0. The summed E-state index contributed by atoms with van der Waals surface area (Å²) in [6.07, 6.45) is 0.736. The Kier molecular flexibility index (Phi) is 6.02. The molecular weight excluding hydrogens is 226 g/mol. The first-order valence-corrected chi connectivity index (χ1v) is 6.10. The van der Waals surface area contributed by atoms with Crippen molar-refractivity contribution >= 4 is 0 Å². The first kappa shape index (κ1) is 16.8. The van der Waals surface area contributed by atoms with Gasteiger partial charge < -0.3 is 9.47 Å². The summed E-state index contributed by atoms with van der Waals surface area (Å²) < 4.78 is 39.4. The average Bonchev–Trinajstić information content (AvgIpc) is 2.28. The van der Waals surface area contributed by atoms with E-state index in [0.717, 1.165) is 0 Å². The van der Waals surface area contributed by atoms with Crippen LogP contribution < -0.4 is 0 Å². The van der Waals surface area contributed by atoms with Gasteiger partial charge in [0.1, 0.15) is 0 Å². The van der Waals surface area contributed by atoms with Gasteiger partial charge in [-0.05, 0) is 12.8 Å². The lowest BCUT2D eigenvalue weighted by atomic mass is 9.67. The molecule has 0 aromatic carbocycles. The second-order valence-electron chi connectivity index (χ2n) is 5.27. The number of rotatable bonds is 8. The number of halogens is 2. The van der Waals surface area contributed by atoms with Gasteiger partial charge in [0.05, 0.1) is 24.0 Å². The topological polar surface area (TPSA) is 18.5 Å². The molecule has 0 fully saturated rings. The maximum atomic E-state index is 14.7. The number of ether oxygens (including phenoxy) is 2. The molecule has 0 saturated heterocycles. The minimum Gasteiger partial charge on any atom is -0.384 e. The molecule has 0 aliphatic carbocycles. The lowest BCUT2D eigenvalue weighted by molar-refractivity contribution is -0.228. The SMILES string of the molecule is CCC(C)(COC)C(F)(F)C(C)(CC)COC. The summed E-state index contributed by atoms with van der Waals surface area (Å²) in [5.41, 5.74) is -2.32. The van der Waals surface area contributed by atoms with Gasteiger partial charge in [0.2, 0.25) is 0 Å². The summed E-state index contributed by atoms with van der Waals surface area (Å²) in [4.78, 5) is 0. The summed E-state index contributed by atoms with van der Waals surface area (Å²) >= 11 is 0. The number of methoxy groups -OCH3 is 2. The zero-order valence-corrected chi connectivity index (χ0v) is 11.9. The van der Waals surface area contributed by atoms with Crippen LogP contribution in [0.25, 0.3) is 0 Å². The van der Waals surface area contributed by atoms with E-state index in [9.17, 15) is 8.78 Å². The van der Waals surface area contributed by atoms with E-state index in [2.05, 4.69) is 0 Å². The molecule has 104 valence electrons. The van der Waals surface area contributed by atoms with Crippen molar-refractivity contribution in [2.24, 2.45) is 10.8 Å². The highest BCUT2D eigenvalue weighted by Crippen LogP contribution is 2.52. The maximum Gasteiger partial charge on any atom is 0.262 e. The fourth-order valence-electron chi connectivity index (χ4n) is 2.20. The van der Waals surface area contributed by atoms with Crippen molar-refractivity contribution in [3.8, 4) is 0 Å². The van der Waals surface area contributed by atoms with Crippen LogP contribution in [0, 0.1) is 10.8 Å². The minimum absolute atomic E-state index is 0.0514. The first-order valence-electron chi connectivity index (χ1n) is 6.10. The number of hydrogen-bond acceptors (Lipinski definition) is 2. The Morgan fingerprint density at radius 2 is 1.12 bits per heavy atom. The average molecular weight is 252 g/mol. The summed E-state index contributed by atoms with van der Waals surface area (Å²) in [6, 6.07) is 0. The smallest absolute Gasteiger partial charge is 0.262 e. The molecule has 2 atom stereocenters. The fraction of sp³-hybridized carbons (Fsp3) is 1.00. The standard InChI is InChI=1S/C13H26F2O2/c1-7-11(3,9-16-5)13(14,15)12(4,8-2)10-17-6/h7-10H2,1-6H3. The molecule has 0 bridgehead atoms. The number of alkyl halides is 2. The van der Waals surface area contributed by atoms with E-state index in [1.54, 1.807) is 27.7 Å². The summed E-state index contributed by atoms with van der Waals surface area (Å²) in [5.74, 6) is -2.84. The Balaban J connectivity index is 5.30. The van der Waals surface area contributed by atoms with E-state index in [0.29, 0.717) is 12.8 Å². The van der Waals surface area contributed by atoms with E-state index >= 15 is 0 Å². The Hall–Kier alpha value is -0.220. The van der Waals surface area contributed by atoms with Crippen LogP contribution in [0.1, 0.15) is 40.5 Å². The Morgan fingerprint density at radius 3 is 1.29 bits per heavy atom. The molecule has 0 rings (SSSR count). The molecule has 0 heterocycles. The van der Waals surface area contributed by atoms with Gasteiger partial charge in [-0.3, -0.25) is 0 Å². The van der Waals surface area contributed by atoms with Gasteiger partial charge >= 0.3 is 0 Å². The molecule has 0 saturated carbocycles. The van der Waals surface area contributed by atoms with E-state index < -0.39 is 16.8 Å². The molecule has 2 unspecified atom stereocenters. The van der Waals surface area contributed by atoms with Crippen molar-refractivity contribution in [1.29, 1.82) is 0 Å². The second kappa shape index (κ2) is 6.10. The van der Waals surface area contributed by atoms with E-state index in [-0.39, 0.29) is 13.2 Å². The summed E-state index contributed by atoms with van der Waals surface area (Å²) in [6.45, 7) is 6.82. The highest BCUT2D eigenvalue weighted by Gasteiger charge is 2.60. The van der Waals surface area contributed by atoms with Crippen molar-refractivity contribution in [2.75, 3.05) is 27.4 Å². The van der Waals surface area contributed by atoms with Gasteiger partial charge in [0.15, 0.2) is 0 Å². The van der Waals surface area contributed by atoms with Crippen LogP contribution in [0.2, 0.25) is 0 Å². The van der Waals surface area contributed by atoms with Crippen LogP contribution in [-0.4, -0.2) is 33.4 Å². The molecule has 0 aromatic rings. The highest BCUT2D eigenvalue weighted by molar-refractivity contribution is 4.99. The third-order valence-corrected chi connectivity index (χ3v) is 4.00. The largest absolute Gasteiger partial charge is 0.384 e. The maximum absolute atomic E-state index is 14.7. The molecule has 0 radical (unpaired) electrons. The Morgan fingerprint density at radius 1 is 0.824 bits per heavy atom. The van der Waals surface area contributed by atoms with Crippen LogP contribution >= 0.6 is 0 Å². The van der Waals surface area contributed by atoms with Gasteiger partial charge in [-0.15, -0.1) is 0 Å². The molecule has 0 N–H and O–H groups in total. The zero-order valence-electron chi connectivity index (χ0n) is 11.9. The summed E-state index contributed by atoms with van der Waals surface area (Å²) in [5, 5.41) is 0. The van der Waals surface area contributed by atoms with Crippen molar-refractivity contribution in [3.05, 3.63) is 0 Å². The lowest BCUT2D eigenvalue weighted by Crippen LogP contribution is -2.54. The zero-order chi connectivity index (χ0) is 13.7. The third-order valence-electron chi connectivity index (χ3n) is 4.00. The van der Waals surface area contributed by atoms with Gasteiger partial charge in [-0.25, -0.2) is 8.78 Å². The van der Waals surface area contributed by atoms with Gasteiger partial charge in [-0.1, -0.05) is 27.7 Å². The molecule has 0 spiro atoms. The molecule has 0 aliphatic rings. The Labute approximate surface area is 104 Å². The first-order chi connectivity index (χ1) is 7.74. The van der Waals surface area contributed by atoms with E-state index in [1.165, 1.54) is 14.2 Å². The quantitative estimate of drug-likeness (QED) is 0.655. The summed E-state index contributed by atoms with van der Waals surface area (Å²) in [7, 11) is 2.92. The van der Waals surface area contributed by atoms with E-state index in [4.69, 9.17) is 9.47 Å². The van der Waals surface area contributed by atoms with Crippen LogP contribution in [0.4, 0.5) is 8.78 Å². The van der Waals surface area contributed by atoms with Crippen molar-refractivity contribution in [3.63, 3.8) is 0 Å². The molecule has 0 aromatic heterocycles. The Bertz CT molecular complexity index is 211. The van der Waals surface area contributed by atoms with Gasteiger partial charge in [-0.2, -0.15) is 0 Å². The van der Waals surface area contributed by atoms with Crippen LogP contribution in [0.3, 0.4) is 0 Å². The normalized spacial score (nSPS) is 19.8. The minimum atomic E-state index is -2.84. The van der Waals surface area contributed by atoms with Crippen molar-refractivity contribution in [1.82, 2.24) is 0 Å². The van der Waals surface area contributed by atoms with Gasteiger partial charge in [0.25, 0.3) is 5.92 Å². The lowest BCUT2D eigenvalue weighted by Gasteiger charge is -2.46. The van der Waals surface area contributed by atoms with Crippen LogP contribution in [0.15, 0.2) is 0 Å². The van der Waals surface area contributed by atoms with Crippen LogP contribution in [0.5, 0.6) is 0 Å². The van der Waals surface area contributed by atoms with Crippen molar-refractivity contribution in [2.45, 2.75) is 46.5 Å². The highest BCUT2D eigenvalue weighted by atomic mass is 19.3. The van der Waals surface area contributed by atoms with Crippen molar-refractivity contribution < 1.29 is 18.3 Å². The second-order valence-corrected chi connectivity index (χ2v) is 5.27. The molecular formula is C13H26F2O2. The monoisotopic (exact) mass is 252 g/mol.